The van der Waals surface area contributed by atoms with Gasteiger partial charge in [-0.15, -0.1) is 10.2 Å². The number of hydrogen-bond acceptors (Lipinski definition) is 6. The molecular weight excluding hydrogens is 274 g/mol. The van der Waals surface area contributed by atoms with Gasteiger partial charge in [-0.25, -0.2) is 0 Å². The molecule has 20 heavy (non-hydrogen) atoms. The number of para-hydroxylation sites is 1. The molecule has 0 radical (unpaired) electrons. The van der Waals surface area contributed by atoms with Gasteiger partial charge in [0.1, 0.15) is 5.75 Å². The summed E-state index contributed by atoms with van der Waals surface area (Å²) in [5, 5.41) is 12.1. The standard InChI is InChI=1S/C14H17N3O2S/c1-2-5-11(6-3-1)18-9-10-20-14-17-16-13(19-14)12-7-4-8-15-12/h1-3,5-6,12,15H,4,7-10H2. The Morgan fingerprint density at radius 3 is 3.00 bits per heavy atom. The van der Waals surface area contributed by atoms with Gasteiger partial charge in [0.15, 0.2) is 0 Å². The third kappa shape index (κ3) is 3.52. The van der Waals surface area contributed by atoms with Gasteiger partial charge in [-0.1, -0.05) is 30.0 Å². The quantitative estimate of drug-likeness (QED) is 0.652. The summed E-state index contributed by atoms with van der Waals surface area (Å²) in [6.45, 7) is 1.65. The van der Waals surface area contributed by atoms with Crippen molar-refractivity contribution in [1.29, 1.82) is 0 Å². The smallest absolute Gasteiger partial charge is 0.276 e. The molecule has 0 bridgehead atoms. The molecule has 1 unspecified atom stereocenters. The Labute approximate surface area is 122 Å². The minimum Gasteiger partial charge on any atom is -0.493 e. The Hall–Kier alpha value is -1.53. The molecule has 2 heterocycles. The van der Waals surface area contributed by atoms with E-state index in [0.717, 1.165) is 24.5 Å². The van der Waals surface area contributed by atoms with E-state index in [9.17, 15) is 0 Å². The summed E-state index contributed by atoms with van der Waals surface area (Å²) >= 11 is 1.53. The van der Waals surface area contributed by atoms with Crippen molar-refractivity contribution in [2.24, 2.45) is 0 Å². The van der Waals surface area contributed by atoms with E-state index in [4.69, 9.17) is 9.15 Å². The maximum atomic E-state index is 5.64. The molecule has 1 N–H and O–H groups in total. The van der Waals surface area contributed by atoms with Crippen LogP contribution in [0.25, 0.3) is 0 Å². The molecule has 3 rings (SSSR count). The van der Waals surface area contributed by atoms with E-state index in [1.54, 1.807) is 0 Å². The number of hydrogen-bond donors (Lipinski definition) is 1. The highest BCUT2D eigenvalue weighted by Gasteiger charge is 2.21. The maximum Gasteiger partial charge on any atom is 0.276 e. The first kappa shape index (κ1) is 13.5. The van der Waals surface area contributed by atoms with Gasteiger partial charge in [-0.2, -0.15) is 0 Å². The lowest BCUT2D eigenvalue weighted by Gasteiger charge is -2.04. The number of rotatable bonds is 6. The molecule has 1 atom stereocenters. The van der Waals surface area contributed by atoms with Gasteiger partial charge in [0, 0.05) is 5.75 Å². The van der Waals surface area contributed by atoms with Crippen molar-refractivity contribution in [2.45, 2.75) is 24.1 Å². The summed E-state index contributed by atoms with van der Waals surface area (Å²) in [5.41, 5.74) is 0. The number of nitrogens with one attached hydrogen (secondary N) is 1. The van der Waals surface area contributed by atoms with Crippen LogP contribution < -0.4 is 10.1 Å². The van der Waals surface area contributed by atoms with Crippen LogP contribution in [0.4, 0.5) is 0 Å². The van der Waals surface area contributed by atoms with Crippen LogP contribution >= 0.6 is 11.8 Å². The summed E-state index contributed by atoms with van der Waals surface area (Å²) in [4.78, 5) is 0. The van der Waals surface area contributed by atoms with Gasteiger partial charge in [0.05, 0.1) is 12.6 Å². The molecule has 0 spiro atoms. The third-order valence-corrected chi connectivity index (χ3v) is 3.88. The van der Waals surface area contributed by atoms with E-state index < -0.39 is 0 Å². The van der Waals surface area contributed by atoms with Crippen molar-refractivity contribution in [1.82, 2.24) is 15.5 Å². The monoisotopic (exact) mass is 291 g/mol. The number of benzene rings is 1. The first-order chi connectivity index (χ1) is 9.92. The van der Waals surface area contributed by atoms with Gasteiger partial charge >= 0.3 is 0 Å². The zero-order valence-corrected chi connectivity index (χ0v) is 11.9. The number of thioether (sulfide) groups is 1. The van der Waals surface area contributed by atoms with Crippen LogP contribution in [-0.2, 0) is 0 Å². The molecule has 0 aliphatic carbocycles. The topological polar surface area (TPSA) is 60.2 Å². The van der Waals surface area contributed by atoms with E-state index in [1.165, 1.54) is 18.2 Å². The summed E-state index contributed by atoms with van der Waals surface area (Å²) < 4.78 is 11.3. The first-order valence-electron chi connectivity index (χ1n) is 6.79. The molecule has 0 amide bonds. The van der Waals surface area contributed by atoms with E-state index in [-0.39, 0.29) is 6.04 Å². The zero-order chi connectivity index (χ0) is 13.6. The van der Waals surface area contributed by atoms with Crippen LogP contribution in [0.2, 0.25) is 0 Å². The lowest BCUT2D eigenvalue weighted by molar-refractivity contribution is 0.342. The minimum absolute atomic E-state index is 0.234. The van der Waals surface area contributed by atoms with Crippen LogP contribution in [0.3, 0.4) is 0 Å². The van der Waals surface area contributed by atoms with Crippen LogP contribution in [0, 0.1) is 0 Å². The van der Waals surface area contributed by atoms with Crippen molar-refractivity contribution < 1.29 is 9.15 Å². The predicted octanol–water partition coefficient (Wildman–Crippen LogP) is 2.67. The van der Waals surface area contributed by atoms with Gasteiger partial charge in [-0.3, -0.25) is 0 Å². The molecule has 0 saturated carbocycles. The highest BCUT2D eigenvalue weighted by atomic mass is 32.2. The second-order valence-electron chi connectivity index (χ2n) is 4.57. The molecule has 1 aliphatic rings. The fourth-order valence-electron chi connectivity index (χ4n) is 2.12. The highest BCUT2D eigenvalue weighted by molar-refractivity contribution is 7.99. The third-order valence-electron chi connectivity index (χ3n) is 3.10. The molecule has 2 aromatic rings. The molecule has 5 nitrogen and oxygen atoms in total. The molecular formula is C14H17N3O2S. The molecule has 1 fully saturated rings. The molecule has 1 aliphatic heterocycles. The normalized spacial score (nSPS) is 18.3. The summed E-state index contributed by atoms with van der Waals surface area (Å²) in [7, 11) is 0. The Bertz CT molecular complexity index is 526. The highest BCUT2D eigenvalue weighted by Crippen LogP contribution is 2.24. The van der Waals surface area contributed by atoms with Crippen molar-refractivity contribution in [3.05, 3.63) is 36.2 Å². The maximum absolute atomic E-state index is 5.64. The van der Waals surface area contributed by atoms with Crippen molar-refractivity contribution >= 4 is 11.8 Å². The first-order valence-corrected chi connectivity index (χ1v) is 7.78. The average molecular weight is 291 g/mol. The number of aromatic nitrogens is 2. The summed E-state index contributed by atoms with van der Waals surface area (Å²) in [5.74, 6) is 2.37. The Balaban J connectivity index is 1.42. The van der Waals surface area contributed by atoms with Gasteiger partial charge in [-0.05, 0) is 31.5 Å². The number of nitrogens with zero attached hydrogens (tertiary/aromatic N) is 2. The largest absolute Gasteiger partial charge is 0.493 e. The second-order valence-corrected chi connectivity index (χ2v) is 5.61. The Kier molecular flexibility index (Phi) is 4.55. The lowest BCUT2D eigenvalue weighted by Crippen LogP contribution is -2.12. The van der Waals surface area contributed by atoms with Crippen molar-refractivity contribution in [3.8, 4) is 5.75 Å². The second kappa shape index (κ2) is 6.76. The molecule has 1 aromatic heterocycles. The Morgan fingerprint density at radius 2 is 2.20 bits per heavy atom. The van der Waals surface area contributed by atoms with Crippen LogP contribution in [-0.4, -0.2) is 29.1 Å². The molecule has 6 heteroatoms. The van der Waals surface area contributed by atoms with E-state index >= 15 is 0 Å². The molecule has 1 aromatic carbocycles. The molecule has 1 saturated heterocycles. The van der Waals surface area contributed by atoms with E-state index in [2.05, 4.69) is 15.5 Å². The summed E-state index contributed by atoms with van der Waals surface area (Å²) in [6, 6.07) is 10.0. The Morgan fingerprint density at radius 1 is 1.30 bits per heavy atom. The van der Waals surface area contributed by atoms with Crippen molar-refractivity contribution in [2.75, 3.05) is 18.9 Å². The fourth-order valence-corrected chi connectivity index (χ4v) is 2.70. The zero-order valence-electron chi connectivity index (χ0n) is 11.1. The van der Waals surface area contributed by atoms with E-state index in [0.29, 0.717) is 17.7 Å². The SMILES string of the molecule is c1ccc(OCCSc2nnc(C3CCCN3)o2)cc1. The summed E-state index contributed by atoms with van der Waals surface area (Å²) in [6.07, 6.45) is 2.24. The van der Waals surface area contributed by atoms with Crippen molar-refractivity contribution in [3.63, 3.8) is 0 Å². The lowest BCUT2D eigenvalue weighted by atomic mass is 10.2. The minimum atomic E-state index is 0.234. The van der Waals surface area contributed by atoms with Crippen LogP contribution in [0.1, 0.15) is 24.8 Å². The van der Waals surface area contributed by atoms with Crippen LogP contribution in [0.15, 0.2) is 40.0 Å². The fraction of sp³-hybridized carbons (Fsp3) is 0.429. The molecule has 106 valence electrons. The van der Waals surface area contributed by atoms with Crippen LogP contribution in [0.5, 0.6) is 5.75 Å². The van der Waals surface area contributed by atoms with Gasteiger partial charge in [0.2, 0.25) is 5.89 Å². The van der Waals surface area contributed by atoms with Gasteiger partial charge < -0.3 is 14.5 Å². The van der Waals surface area contributed by atoms with E-state index in [1.807, 2.05) is 30.3 Å². The number of ether oxygens (including phenoxy) is 1. The average Bonchev–Trinajstić information content (AvgIpc) is 3.15. The predicted molar refractivity (Wildman–Crippen MR) is 76.9 cm³/mol. The van der Waals surface area contributed by atoms with Gasteiger partial charge in [0.25, 0.3) is 5.22 Å².